The number of aliphatic hydroxyl groups is 1. The summed E-state index contributed by atoms with van der Waals surface area (Å²) < 4.78 is 0. The van der Waals surface area contributed by atoms with Gasteiger partial charge >= 0.3 is 0 Å². The number of nitrogens with zero attached hydrogens (tertiary/aromatic N) is 1. The number of primary amides is 1. The number of phenolic OH excluding ortho intramolecular Hbond substituents is 1. The highest BCUT2D eigenvalue weighted by molar-refractivity contribution is 6.32. The lowest BCUT2D eigenvalue weighted by Crippen LogP contribution is -2.74. The van der Waals surface area contributed by atoms with Gasteiger partial charge in [-0.05, 0) is 73.5 Å². The van der Waals surface area contributed by atoms with E-state index in [4.69, 9.17) is 5.73 Å². The van der Waals surface area contributed by atoms with E-state index in [1.807, 2.05) is 12.1 Å². The van der Waals surface area contributed by atoms with E-state index >= 15 is 0 Å². The second-order valence-corrected chi connectivity index (χ2v) is 12.6. The summed E-state index contributed by atoms with van der Waals surface area (Å²) in [6.07, 6.45) is 3.47. The van der Waals surface area contributed by atoms with Crippen LogP contribution in [0.25, 0.3) is 11.1 Å². The van der Waals surface area contributed by atoms with Crippen LogP contribution in [0, 0.1) is 29.6 Å². The van der Waals surface area contributed by atoms with E-state index in [0.717, 1.165) is 30.4 Å². The molecule has 7 atom stereocenters. The largest absolute Gasteiger partial charge is 0.507 e. The van der Waals surface area contributed by atoms with E-state index in [9.17, 15) is 34.2 Å². The number of amides is 1. The Morgan fingerprint density at radius 2 is 1.74 bits per heavy atom. The number of hydrogen-bond donors (Lipinski definition) is 3. The van der Waals surface area contributed by atoms with Crippen molar-refractivity contribution < 1.29 is 34.2 Å². The van der Waals surface area contributed by atoms with Crippen molar-refractivity contribution in [2.45, 2.75) is 57.6 Å². The molecule has 2 saturated carbocycles. The van der Waals surface area contributed by atoms with Crippen LogP contribution in [0.1, 0.15) is 54.6 Å². The van der Waals surface area contributed by atoms with Gasteiger partial charge in [-0.3, -0.25) is 28.9 Å². The molecule has 0 aromatic heterocycles. The van der Waals surface area contributed by atoms with Crippen molar-refractivity contribution in [3.05, 3.63) is 53.1 Å². The van der Waals surface area contributed by atoms with Crippen LogP contribution in [0.3, 0.4) is 0 Å². The number of phenols is 1. The Morgan fingerprint density at radius 1 is 1.07 bits per heavy atom. The van der Waals surface area contributed by atoms with Gasteiger partial charge in [-0.1, -0.05) is 57.0 Å². The first-order valence-corrected chi connectivity index (χ1v) is 14.6. The van der Waals surface area contributed by atoms with Gasteiger partial charge in [0.15, 0.2) is 34.7 Å². The molecule has 0 aliphatic heterocycles. The molecule has 2 aromatic rings. The molecule has 3 aliphatic rings. The molecule has 3 unspecified atom stereocenters. The van der Waals surface area contributed by atoms with Crippen LogP contribution in [-0.4, -0.2) is 69.9 Å². The van der Waals surface area contributed by atoms with Crippen molar-refractivity contribution >= 4 is 29.0 Å². The van der Waals surface area contributed by atoms with Crippen molar-refractivity contribution in [1.82, 2.24) is 4.90 Å². The summed E-state index contributed by atoms with van der Waals surface area (Å²) in [4.78, 5) is 68.2. The first-order valence-electron chi connectivity index (χ1n) is 14.6. The second-order valence-electron chi connectivity index (χ2n) is 12.6. The number of carbonyl (C=O) groups excluding carboxylic acids is 5. The molecule has 0 radical (unpaired) electrons. The molecule has 3 aliphatic carbocycles. The highest BCUT2D eigenvalue weighted by atomic mass is 16.3. The van der Waals surface area contributed by atoms with Gasteiger partial charge in [-0.15, -0.1) is 0 Å². The predicted octanol–water partition coefficient (Wildman–Crippen LogP) is 2.51. The molecule has 0 bridgehead atoms. The van der Waals surface area contributed by atoms with Crippen LogP contribution in [0.4, 0.5) is 0 Å². The zero-order chi connectivity index (χ0) is 30.7. The fourth-order valence-corrected chi connectivity index (χ4v) is 7.69. The molecule has 4 N–H and O–H groups in total. The highest BCUT2D eigenvalue weighted by Gasteiger charge is 2.69. The lowest BCUT2D eigenvalue weighted by molar-refractivity contribution is -0.181. The van der Waals surface area contributed by atoms with Crippen molar-refractivity contribution in [2.24, 2.45) is 35.3 Å². The third-order valence-electron chi connectivity index (χ3n) is 9.58. The number of carbonyl (C=O) groups is 5. The summed E-state index contributed by atoms with van der Waals surface area (Å²) in [5.41, 5.74) is 6.06. The quantitative estimate of drug-likeness (QED) is 0.426. The van der Waals surface area contributed by atoms with E-state index in [1.54, 1.807) is 20.2 Å². The Bertz CT molecular complexity index is 1480. The molecule has 0 heterocycles. The van der Waals surface area contributed by atoms with Gasteiger partial charge in [0.2, 0.25) is 5.91 Å². The van der Waals surface area contributed by atoms with Crippen LogP contribution in [0.5, 0.6) is 5.75 Å². The highest BCUT2D eigenvalue weighted by Crippen LogP contribution is 2.51. The zero-order valence-electron chi connectivity index (χ0n) is 24.4. The number of aromatic hydroxyl groups is 1. The molecule has 1 amide bonds. The molecule has 0 spiro atoms. The number of rotatable bonds is 7. The predicted molar refractivity (Wildman–Crippen MR) is 155 cm³/mol. The molecular formula is C33H38N2O7. The number of benzene rings is 2. The minimum Gasteiger partial charge on any atom is -0.507 e. The normalized spacial score (nSPS) is 29.6. The lowest BCUT2D eigenvalue weighted by Gasteiger charge is -2.52. The SMILES string of the molecule is CCCC(C)Cc1ccc(-c2ccc(O)c3c2C[C@H]2C[C@H]4[C@H](N(C)C)C(=O)C(C(N)=O)C(=O)[C@@]4(O)C(=O)C2C3=O)cc1. The first-order chi connectivity index (χ1) is 19.8. The third kappa shape index (κ3) is 4.50. The van der Waals surface area contributed by atoms with Crippen molar-refractivity contribution in [1.29, 1.82) is 0 Å². The van der Waals surface area contributed by atoms with Crippen LogP contribution < -0.4 is 5.73 Å². The minimum absolute atomic E-state index is 0.000241. The van der Waals surface area contributed by atoms with Gasteiger partial charge in [-0.2, -0.15) is 0 Å². The average molecular weight is 575 g/mol. The molecule has 0 saturated heterocycles. The lowest BCUT2D eigenvalue weighted by atomic mass is 9.52. The number of fused-ring (bicyclic) bond motifs is 3. The maximum Gasteiger partial charge on any atom is 0.235 e. The summed E-state index contributed by atoms with van der Waals surface area (Å²) >= 11 is 0. The van der Waals surface area contributed by atoms with Crippen molar-refractivity contribution in [3.63, 3.8) is 0 Å². The van der Waals surface area contributed by atoms with Crippen LogP contribution in [0.2, 0.25) is 0 Å². The Kier molecular flexibility index (Phi) is 7.70. The summed E-state index contributed by atoms with van der Waals surface area (Å²) in [6.45, 7) is 4.40. The fourth-order valence-electron chi connectivity index (χ4n) is 7.69. The first kappa shape index (κ1) is 29.8. The van der Waals surface area contributed by atoms with Gasteiger partial charge in [0, 0.05) is 5.92 Å². The Labute approximate surface area is 245 Å². The minimum atomic E-state index is -2.73. The van der Waals surface area contributed by atoms with E-state index in [0.29, 0.717) is 11.5 Å². The molecule has 9 heteroatoms. The molecule has 2 aromatic carbocycles. The number of likely N-dealkylation sites (N-methyl/N-ethyl adjacent to an activating group) is 1. The van der Waals surface area contributed by atoms with Gasteiger partial charge in [0.05, 0.1) is 17.5 Å². The summed E-state index contributed by atoms with van der Waals surface area (Å²) in [6, 6.07) is 10.2. The summed E-state index contributed by atoms with van der Waals surface area (Å²) in [5.74, 6) is -9.88. The van der Waals surface area contributed by atoms with Crippen LogP contribution >= 0.6 is 0 Å². The number of nitrogens with two attached hydrogens (primary N) is 1. The number of hydrogen-bond acceptors (Lipinski definition) is 8. The number of ketones is 4. The smallest absolute Gasteiger partial charge is 0.235 e. The fraction of sp³-hybridized carbons (Fsp3) is 0.485. The molecule has 5 rings (SSSR count). The number of Topliss-reactive ketones (excluding diaryl/α,β-unsaturated/α-hetero) is 4. The van der Waals surface area contributed by atoms with E-state index in [1.165, 1.54) is 16.5 Å². The summed E-state index contributed by atoms with van der Waals surface area (Å²) in [7, 11) is 3.13. The maximum absolute atomic E-state index is 14.0. The average Bonchev–Trinajstić information content (AvgIpc) is 2.91. The second kappa shape index (κ2) is 10.9. The monoisotopic (exact) mass is 574 g/mol. The summed E-state index contributed by atoms with van der Waals surface area (Å²) in [5, 5.41) is 22.5. The molecule has 9 nitrogen and oxygen atoms in total. The van der Waals surface area contributed by atoms with Gasteiger partial charge in [0.25, 0.3) is 0 Å². The van der Waals surface area contributed by atoms with Gasteiger partial charge < -0.3 is 15.9 Å². The topological polar surface area (TPSA) is 155 Å². The Morgan fingerprint density at radius 3 is 2.33 bits per heavy atom. The molecule has 222 valence electrons. The maximum atomic E-state index is 14.0. The van der Waals surface area contributed by atoms with Crippen molar-refractivity contribution in [3.8, 4) is 16.9 Å². The molecule has 42 heavy (non-hydrogen) atoms. The van der Waals surface area contributed by atoms with Crippen molar-refractivity contribution in [2.75, 3.05) is 14.1 Å². The van der Waals surface area contributed by atoms with E-state index in [-0.39, 0.29) is 24.2 Å². The van der Waals surface area contributed by atoms with Crippen LogP contribution in [0.15, 0.2) is 36.4 Å². The van der Waals surface area contributed by atoms with Crippen LogP contribution in [-0.2, 0) is 32.0 Å². The van der Waals surface area contributed by atoms with Gasteiger partial charge in [0.1, 0.15) is 5.75 Å². The Balaban J connectivity index is 1.56. The van der Waals surface area contributed by atoms with E-state index < -0.39 is 64.4 Å². The third-order valence-corrected chi connectivity index (χ3v) is 9.58. The molecule has 2 fully saturated rings. The van der Waals surface area contributed by atoms with Gasteiger partial charge in [-0.25, -0.2) is 0 Å². The Hall–Kier alpha value is -3.69. The molecular weight excluding hydrogens is 536 g/mol. The standard InChI is InChI=1S/C33H38N2O7/c1-5-6-16(2)13-17-7-9-18(10-8-17)20-11-12-23(36)25-21(20)14-19-15-22-27(35(3)4)29(38)26(32(34)41)31(40)33(22,42)30(39)24(19)28(25)37/h7-12,16,19,22,24,26-27,36,42H,5-6,13-15H2,1-4H3,(H2,34,41)/t16?,19-,22-,24?,26?,27-,33-/m0/s1. The zero-order valence-corrected chi connectivity index (χ0v) is 24.4. The van der Waals surface area contributed by atoms with E-state index in [2.05, 4.69) is 26.0 Å².